The SMILES string of the molecule is [2H]c1c(O)c2c(c([2H])c1C(C([2H])([2H])[2H])(C([2H])([2H])[2H])C([2H])([2H])C([2H])([2H])C([2H])([2H])C([2H])([2H])C([2H])([2H])C([2H])([2H])[2H])OC(C)(C)[C@@H]1CCC(=O)C[C@@H]21. The molecular formula is C24H36O3. The van der Waals surface area contributed by atoms with E-state index in [0.717, 1.165) is 0 Å². The fourth-order valence-electron chi connectivity index (χ4n) is 3.85. The Bertz CT molecular complexity index is 1450. The number of Topliss-reactive ketones (excluding diaryl/α,β-unsaturated/α-hetero) is 1. The molecule has 0 aromatic heterocycles. The Hall–Kier alpha value is -1.51. The van der Waals surface area contributed by atoms with Crippen molar-refractivity contribution in [2.45, 2.75) is 102 Å². The minimum Gasteiger partial charge on any atom is -0.508 e. The van der Waals surface area contributed by atoms with Gasteiger partial charge in [0.2, 0.25) is 0 Å². The predicted octanol–water partition coefficient (Wildman–Crippen LogP) is 6.26. The van der Waals surface area contributed by atoms with E-state index in [2.05, 4.69) is 0 Å². The first-order chi connectivity index (χ1) is 20.9. The molecule has 1 saturated carbocycles. The maximum absolute atomic E-state index is 12.5. The van der Waals surface area contributed by atoms with E-state index in [1.54, 1.807) is 0 Å². The summed E-state index contributed by atoms with van der Waals surface area (Å²) in [7, 11) is 0. The van der Waals surface area contributed by atoms with Gasteiger partial charge in [-0.1, -0.05) is 46.0 Å². The topological polar surface area (TPSA) is 46.5 Å². The quantitative estimate of drug-likeness (QED) is 0.620. The summed E-state index contributed by atoms with van der Waals surface area (Å²) in [6.07, 6.45) is -23.0. The Morgan fingerprint density at radius 2 is 2.19 bits per heavy atom. The van der Waals surface area contributed by atoms with E-state index in [0.29, 0.717) is 0 Å². The molecule has 3 rings (SSSR count). The average Bonchev–Trinajstić information content (AvgIpc) is 2.86. The molecule has 1 heterocycles. The van der Waals surface area contributed by atoms with Crippen LogP contribution < -0.4 is 4.74 Å². The number of rotatable bonds is 6. The van der Waals surface area contributed by atoms with Crippen LogP contribution in [-0.2, 0) is 10.2 Å². The van der Waals surface area contributed by atoms with Crippen molar-refractivity contribution in [2.24, 2.45) is 5.92 Å². The van der Waals surface area contributed by atoms with Crippen molar-refractivity contribution >= 4 is 5.78 Å². The minimum absolute atomic E-state index is 0.134. The molecule has 0 radical (unpaired) electrons. The van der Waals surface area contributed by atoms with E-state index in [9.17, 15) is 9.90 Å². The second-order valence-corrected chi connectivity index (χ2v) is 7.29. The lowest BCUT2D eigenvalue weighted by Crippen LogP contribution is -2.47. The van der Waals surface area contributed by atoms with Crippen molar-refractivity contribution in [1.82, 2.24) is 0 Å². The van der Waals surface area contributed by atoms with Crippen LogP contribution in [-0.4, -0.2) is 16.5 Å². The third kappa shape index (κ3) is 4.02. The van der Waals surface area contributed by atoms with Crippen LogP contribution in [0.3, 0.4) is 0 Å². The van der Waals surface area contributed by atoms with E-state index in [1.165, 1.54) is 13.8 Å². The van der Waals surface area contributed by atoms with Crippen molar-refractivity contribution in [3.8, 4) is 11.5 Å². The molecule has 1 N–H and O–H groups in total. The van der Waals surface area contributed by atoms with Gasteiger partial charge in [0.15, 0.2) is 0 Å². The monoisotopic (exact) mass is 393 g/mol. The van der Waals surface area contributed by atoms with E-state index < -0.39 is 104 Å². The van der Waals surface area contributed by atoms with E-state index in [-0.39, 0.29) is 30.6 Å². The van der Waals surface area contributed by atoms with Gasteiger partial charge in [-0.05, 0) is 49.7 Å². The van der Waals surface area contributed by atoms with Crippen LogP contribution in [0.25, 0.3) is 0 Å². The first-order valence-electron chi connectivity index (χ1n) is 19.0. The molecule has 1 aromatic rings. The zero-order chi connectivity index (χ0) is 38.0. The summed E-state index contributed by atoms with van der Waals surface area (Å²) in [4.78, 5) is 12.5. The number of phenolic OH excluding ortho intramolecular Hbond substituents is 1. The van der Waals surface area contributed by atoms with Crippen molar-refractivity contribution in [2.75, 3.05) is 0 Å². The summed E-state index contributed by atoms with van der Waals surface area (Å²) < 4.78 is 180. The molecule has 0 spiro atoms. The van der Waals surface area contributed by atoms with Crippen LogP contribution in [0, 0.1) is 5.92 Å². The molecule has 2 atom stereocenters. The molecular weight excluding hydrogens is 336 g/mol. The van der Waals surface area contributed by atoms with Crippen molar-refractivity contribution < 1.29 is 43.4 Å². The number of hydrogen-bond acceptors (Lipinski definition) is 3. The maximum Gasteiger partial charge on any atom is 0.133 e. The number of ether oxygens (including phenoxy) is 1. The zero-order valence-electron chi connectivity index (χ0n) is 36.0. The predicted molar refractivity (Wildman–Crippen MR) is 110 cm³/mol. The molecule has 1 aliphatic heterocycles. The van der Waals surface area contributed by atoms with Crippen molar-refractivity contribution in [3.63, 3.8) is 0 Å². The van der Waals surface area contributed by atoms with Crippen LogP contribution in [0.5, 0.6) is 11.5 Å². The summed E-state index contributed by atoms with van der Waals surface area (Å²) in [5.41, 5.74) is -7.82. The van der Waals surface area contributed by atoms with Crippen molar-refractivity contribution in [3.05, 3.63) is 23.2 Å². The molecule has 0 saturated heterocycles. The minimum atomic E-state index is -4.81. The molecule has 2 aliphatic rings. The number of fused-ring (bicyclic) bond motifs is 3. The number of ketones is 1. The molecule has 3 heteroatoms. The fourth-order valence-corrected chi connectivity index (χ4v) is 3.85. The molecule has 3 nitrogen and oxygen atoms in total. The maximum atomic E-state index is 12.5. The molecule has 27 heavy (non-hydrogen) atoms. The summed E-state index contributed by atoms with van der Waals surface area (Å²) >= 11 is 0. The van der Waals surface area contributed by atoms with Crippen LogP contribution in [0.15, 0.2) is 12.1 Å². The highest BCUT2D eigenvalue weighted by Crippen LogP contribution is 2.54. The summed E-state index contributed by atoms with van der Waals surface area (Å²) in [5.74, 6) is -3.63. The van der Waals surface area contributed by atoms with E-state index in [4.69, 9.17) is 33.5 Å². The van der Waals surface area contributed by atoms with Crippen LogP contribution in [0.1, 0.15) is 131 Å². The van der Waals surface area contributed by atoms with Gasteiger partial charge in [0, 0.05) is 56.3 Å². The molecule has 1 fully saturated rings. The number of carbonyl (C=O) groups is 1. The molecule has 0 unspecified atom stereocenters. The number of carbonyl (C=O) groups excluding carboxylic acids is 1. The highest BCUT2D eigenvalue weighted by molar-refractivity contribution is 5.81. The van der Waals surface area contributed by atoms with Crippen LogP contribution in [0.2, 0.25) is 0 Å². The molecule has 0 bridgehead atoms. The lowest BCUT2D eigenvalue weighted by Gasteiger charge is -2.47. The molecule has 1 aromatic carbocycles. The fraction of sp³-hybridized carbons (Fsp3) is 0.708. The highest BCUT2D eigenvalue weighted by atomic mass is 16.5. The number of aromatic hydroxyl groups is 1. The summed E-state index contributed by atoms with van der Waals surface area (Å²) in [6.45, 7) is -9.72. The average molecular weight is 394 g/mol. The summed E-state index contributed by atoms with van der Waals surface area (Å²) in [6, 6.07) is -2.81. The van der Waals surface area contributed by atoms with E-state index in [1.807, 2.05) is 0 Å². The van der Waals surface area contributed by atoms with Gasteiger partial charge in [-0.2, -0.15) is 0 Å². The van der Waals surface area contributed by atoms with Crippen LogP contribution in [0.4, 0.5) is 0 Å². The lowest BCUT2D eigenvalue weighted by molar-refractivity contribution is -0.124. The zero-order valence-corrected chi connectivity index (χ0v) is 15.0. The van der Waals surface area contributed by atoms with Gasteiger partial charge in [0.25, 0.3) is 0 Å². The Labute approximate surface area is 194 Å². The largest absolute Gasteiger partial charge is 0.508 e. The summed E-state index contributed by atoms with van der Waals surface area (Å²) in [5, 5.41) is 11.4. The lowest BCUT2D eigenvalue weighted by atomic mass is 9.66. The molecule has 0 amide bonds. The standard InChI is InChI=1S/C24H36O3/c1-6-7-8-9-12-23(2,3)16-13-20(26)22-18-15-17(25)10-11-19(18)24(4,5)27-21(22)14-16/h13-14,18-19,26H,6-12,15H2,1-5H3/t18-,19-/m1/s1/i1D3,2D3,3D3,6D2,7D2,8D2,9D2,12D2,13D,14D. The number of benzene rings is 1. The Kier molecular flexibility index (Phi) is 1.80. The first-order valence-corrected chi connectivity index (χ1v) is 8.52. The number of phenols is 1. The normalized spacial score (nSPS) is 39.6. The van der Waals surface area contributed by atoms with Crippen LogP contribution >= 0.6 is 0 Å². The van der Waals surface area contributed by atoms with Gasteiger partial charge in [-0.15, -0.1) is 0 Å². The number of hydrogen-bond donors (Lipinski definition) is 1. The first kappa shape index (κ1) is 6.50. The Balaban J connectivity index is 2.58. The van der Waals surface area contributed by atoms with Crippen molar-refractivity contribution in [1.29, 1.82) is 0 Å². The van der Waals surface area contributed by atoms with E-state index >= 15 is 0 Å². The second-order valence-electron chi connectivity index (χ2n) is 7.29. The highest BCUT2D eigenvalue weighted by Gasteiger charge is 2.47. The van der Waals surface area contributed by atoms with Gasteiger partial charge >= 0.3 is 0 Å². The molecule has 150 valence electrons. The second kappa shape index (κ2) is 7.48. The molecule has 1 aliphatic carbocycles. The Morgan fingerprint density at radius 1 is 1.37 bits per heavy atom. The van der Waals surface area contributed by atoms with Gasteiger partial charge in [0.1, 0.15) is 22.9 Å². The van der Waals surface area contributed by atoms with Gasteiger partial charge in [-0.25, -0.2) is 0 Å². The third-order valence-electron chi connectivity index (χ3n) is 5.09. The Morgan fingerprint density at radius 3 is 2.93 bits per heavy atom. The van der Waals surface area contributed by atoms with Gasteiger partial charge < -0.3 is 9.84 Å². The smallest absolute Gasteiger partial charge is 0.133 e. The third-order valence-corrected chi connectivity index (χ3v) is 5.09. The van der Waals surface area contributed by atoms with Gasteiger partial charge in [-0.3, -0.25) is 4.79 Å². The van der Waals surface area contributed by atoms with Gasteiger partial charge in [0.05, 0.1) is 2.74 Å².